The molecule has 0 aliphatic rings. The summed E-state index contributed by atoms with van der Waals surface area (Å²) in [5.41, 5.74) is 2.37. The molecule has 0 bridgehead atoms. The van der Waals surface area contributed by atoms with Crippen molar-refractivity contribution in [2.24, 2.45) is 0 Å². The number of fused-ring (bicyclic) bond motifs is 1. The van der Waals surface area contributed by atoms with E-state index in [-0.39, 0.29) is 0 Å². The predicted molar refractivity (Wildman–Crippen MR) is 121 cm³/mol. The molecule has 0 atom stereocenters. The van der Waals surface area contributed by atoms with E-state index in [9.17, 15) is 18.0 Å². The van der Waals surface area contributed by atoms with Crippen LogP contribution in [0.25, 0.3) is 16.8 Å². The summed E-state index contributed by atoms with van der Waals surface area (Å²) in [5.74, 6) is -1.38. The fourth-order valence-electron chi connectivity index (χ4n) is 2.77. The fraction of sp³-hybridized carbons (Fsp3) is 0.130. The van der Waals surface area contributed by atoms with Gasteiger partial charge in [-0.05, 0) is 30.0 Å². The molecule has 3 aromatic rings. The van der Waals surface area contributed by atoms with Crippen LogP contribution in [0.3, 0.4) is 0 Å². The molecular weight excluding hydrogens is 416 g/mol. The number of hydrogen-bond donors (Lipinski definition) is 2. The number of rotatable bonds is 8. The molecule has 0 radical (unpaired) electrons. The van der Waals surface area contributed by atoms with Gasteiger partial charge < -0.3 is 10.1 Å². The first-order valence-corrected chi connectivity index (χ1v) is 11.0. The Balaban J connectivity index is 1.47. The van der Waals surface area contributed by atoms with E-state index < -0.39 is 35.1 Å². The van der Waals surface area contributed by atoms with Gasteiger partial charge >= 0.3 is 5.97 Å². The van der Waals surface area contributed by atoms with Gasteiger partial charge in [0.2, 0.25) is 10.0 Å². The average Bonchev–Trinajstić information content (AvgIpc) is 2.76. The molecular formula is C23H22N2O5S. The predicted octanol–water partition coefficient (Wildman–Crippen LogP) is 3.22. The Hall–Kier alpha value is -3.49. The normalized spacial score (nSPS) is 11.5. The Morgan fingerprint density at radius 2 is 1.68 bits per heavy atom. The van der Waals surface area contributed by atoms with E-state index >= 15 is 0 Å². The van der Waals surface area contributed by atoms with Crippen molar-refractivity contribution in [2.45, 2.75) is 6.92 Å². The Morgan fingerprint density at radius 1 is 0.968 bits per heavy atom. The van der Waals surface area contributed by atoms with Crippen LogP contribution < -0.4 is 10.0 Å². The van der Waals surface area contributed by atoms with E-state index in [1.807, 2.05) is 55.5 Å². The zero-order valence-corrected chi connectivity index (χ0v) is 17.7. The molecule has 0 fully saturated rings. The first-order chi connectivity index (χ1) is 14.8. The lowest BCUT2D eigenvalue weighted by Gasteiger charge is -2.09. The van der Waals surface area contributed by atoms with Crippen molar-refractivity contribution in [3.05, 3.63) is 83.3 Å². The zero-order valence-electron chi connectivity index (χ0n) is 16.9. The molecule has 3 aromatic carbocycles. The maximum atomic E-state index is 12.1. The summed E-state index contributed by atoms with van der Waals surface area (Å²) in [4.78, 5) is 23.9. The number of benzene rings is 3. The molecule has 0 spiro atoms. The second-order valence-corrected chi connectivity index (χ2v) is 8.47. The minimum Gasteiger partial charge on any atom is -0.455 e. The third-order valence-electron chi connectivity index (χ3n) is 4.36. The molecule has 3 rings (SSSR count). The van der Waals surface area contributed by atoms with Crippen molar-refractivity contribution < 1.29 is 22.7 Å². The molecule has 0 aliphatic carbocycles. The number of hydrogen-bond acceptors (Lipinski definition) is 5. The third-order valence-corrected chi connectivity index (χ3v) is 5.40. The first kappa shape index (κ1) is 22.2. The number of amides is 1. The van der Waals surface area contributed by atoms with Gasteiger partial charge in [-0.2, -0.15) is 0 Å². The number of aryl methyl sites for hydroxylation is 1. The van der Waals surface area contributed by atoms with Gasteiger partial charge in [0.1, 0.15) is 6.54 Å². The first-order valence-electron chi connectivity index (χ1n) is 9.50. The van der Waals surface area contributed by atoms with Crippen molar-refractivity contribution in [1.29, 1.82) is 0 Å². The fourth-order valence-corrected chi connectivity index (χ4v) is 3.52. The van der Waals surface area contributed by atoms with E-state index in [4.69, 9.17) is 4.74 Å². The van der Waals surface area contributed by atoms with Gasteiger partial charge in [-0.25, -0.2) is 13.1 Å². The molecule has 160 valence electrons. The molecule has 0 aromatic heterocycles. The van der Waals surface area contributed by atoms with Crippen LogP contribution in [-0.4, -0.2) is 33.4 Å². The molecule has 2 N–H and O–H groups in total. The van der Waals surface area contributed by atoms with Crippen LogP contribution >= 0.6 is 0 Å². The lowest BCUT2D eigenvalue weighted by molar-refractivity contribution is -0.146. The second-order valence-electron chi connectivity index (χ2n) is 6.82. The Morgan fingerprint density at radius 3 is 2.45 bits per heavy atom. The summed E-state index contributed by atoms with van der Waals surface area (Å²) in [6.07, 6.45) is 1.42. The molecule has 0 heterocycles. The van der Waals surface area contributed by atoms with Gasteiger partial charge in [0, 0.05) is 16.5 Å². The van der Waals surface area contributed by atoms with E-state index in [0.29, 0.717) is 11.3 Å². The number of anilines is 1. The molecule has 7 nitrogen and oxygen atoms in total. The minimum atomic E-state index is -3.83. The van der Waals surface area contributed by atoms with Crippen molar-refractivity contribution in [1.82, 2.24) is 4.72 Å². The number of esters is 1. The van der Waals surface area contributed by atoms with Crippen molar-refractivity contribution in [2.75, 3.05) is 18.5 Å². The zero-order chi connectivity index (χ0) is 22.3. The SMILES string of the molecule is Cc1ccc(/C=C/S(=O)(=O)NCC(=O)OCC(=O)Nc2cccc3ccccc23)cc1. The lowest BCUT2D eigenvalue weighted by atomic mass is 10.1. The molecule has 0 saturated heterocycles. The van der Waals surface area contributed by atoms with Gasteiger partial charge in [0.15, 0.2) is 6.61 Å². The Labute approximate surface area is 180 Å². The number of ether oxygens (including phenoxy) is 1. The van der Waals surface area contributed by atoms with E-state index in [2.05, 4.69) is 10.0 Å². The highest BCUT2D eigenvalue weighted by molar-refractivity contribution is 7.92. The summed E-state index contributed by atoms with van der Waals surface area (Å²) in [6, 6.07) is 20.3. The van der Waals surface area contributed by atoms with Crippen molar-refractivity contribution in [3.63, 3.8) is 0 Å². The molecule has 0 aliphatic heterocycles. The summed E-state index contributed by atoms with van der Waals surface area (Å²) in [7, 11) is -3.83. The van der Waals surface area contributed by atoms with Crippen LogP contribution in [0.4, 0.5) is 5.69 Å². The quantitative estimate of drug-likeness (QED) is 0.526. The summed E-state index contributed by atoms with van der Waals surface area (Å²) in [6.45, 7) is 0.824. The van der Waals surface area contributed by atoms with Crippen LogP contribution in [0.2, 0.25) is 0 Å². The largest absolute Gasteiger partial charge is 0.455 e. The number of nitrogens with one attached hydrogen (secondary N) is 2. The van der Waals surface area contributed by atoms with Crippen LogP contribution in [0.15, 0.2) is 72.1 Å². The number of carbonyl (C=O) groups is 2. The van der Waals surface area contributed by atoms with E-state index in [1.54, 1.807) is 18.2 Å². The standard InChI is InChI=1S/C23H22N2O5S/c1-17-9-11-18(12-10-17)13-14-31(28,29)24-15-23(27)30-16-22(26)25-21-8-4-6-19-5-2-3-7-20(19)21/h2-14,24H,15-16H2,1H3,(H,25,26)/b14-13+. The summed E-state index contributed by atoms with van der Waals surface area (Å²) < 4.78 is 31.0. The van der Waals surface area contributed by atoms with Crippen molar-refractivity contribution >= 4 is 44.4 Å². The van der Waals surface area contributed by atoms with Gasteiger partial charge in [-0.3, -0.25) is 9.59 Å². The molecule has 31 heavy (non-hydrogen) atoms. The van der Waals surface area contributed by atoms with Crippen LogP contribution in [0.1, 0.15) is 11.1 Å². The average molecular weight is 439 g/mol. The van der Waals surface area contributed by atoms with Gasteiger partial charge in [0.25, 0.3) is 5.91 Å². The summed E-state index contributed by atoms with van der Waals surface area (Å²) in [5, 5.41) is 5.48. The lowest BCUT2D eigenvalue weighted by Crippen LogP contribution is -2.31. The molecule has 0 saturated carbocycles. The van der Waals surface area contributed by atoms with Gasteiger partial charge in [-0.1, -0.05) is 66.2 Å². The number of carbonyl (C=O) groups excluding carboxylic acids is 2. The van der Waals surface area contributed by atoms with Crippen LogP contribution in [-0.2, 0) is 24.3 Å². The number of sulfonamides is 1. The van der Waals surface area contributed by atoms with E-state index in [0.717, 1.165) is 21.7 Å². The second kappa shape index (κ2) is 10.0. The monoisotopic (exact) mass is 438 g/mol. The minimum absolute atomic E-state index is 0.521. The maximum absolute atomic E-state index is 12.1. The van der Waals surface area contributed by atoms with Crippen LogP contribution in [0.5, 0.6) is 0 Å². The van der Waals surface area contributed by atoms with E-state index in [1.165, 1.54) is 6.08 Å². The third kappa shape index (κ3) is 6.77. The Bertz CT molecular complexity index is 1210. The molecule has 1 amide bonds. The van der Waals surface area contributed by atoms with Crippen molar-refractivity contribution in [3.8, 4) is 0 Å². The highest BCUT2D eigenvalue weighted by atomic mass is 32.2. The highest BCUT2D eigenvalue weighted by Gasteiger charge is 2.12. The smallest absolute Gasteiger partial charge is 0.321 e. The topological polar surface area (TPSA) is 102 Å². The molecule has 0 unspecified atom stereocenters. The van der Waals surface area contributed by atoms with Crippen LogP contribution in [0, 0.1) is 6.92 Å². The molecule has 8 heteroatoms. The highest BCUT2D eigenvalue weighted by Crippen LogP contribution is 2.22. The van der Waals surface area contributed by atoms with Gasteiger partial charge in [0.05, 0.1) is 0 Å². The Kier molecular flexibility index (Phi) is 7.17. The maximum Gasteiger partial charge on any atom is 0.321 e. The summed E-state index contributed by atoms with van der Waals surface area (Å²) >= 11 is 0. The van der Waals surface area contributed by atoms with Gasteiger partial charge in [-0.15, -0.1) is 0 Å².